The maximum Gasteiger partial charge on any atom is 0.416 e. The number of piperidine rings is 2. The van der Waals surface area contributed by atoms with Gasteiger partial charge in [0.05, 0.1) is 47.7 Å². The van der Waals surface area contributed by atoms with E-state index in [-0.39, 0.29) is 48.6 Å². The summed E-state index contributed by atoms with van der Waals surface area (Å²) in [6.45, 7) is 8.16. The molecule has 2 aliphatic heterocycles. The zero-order chi connectivity index (χ0) is 51.1. The van der Waals surface area contributed by atoms with Crippen LogP contribution in [0.2, 0.25) is 0 Å². The minimum absolute atomic E-state index is 0.0168. The lowest BCUT2D eigenvalue weighted by atomic mass is 9.88. The molecule has 2 aromatic carbocycles. The van der Waals surface area contributed by atoms with Crippen molar-refractivity contribution in [2.75, 3.05) is 36.5 Å². The SMILES string of the molecule is C[C@@H](OC[C@@]1(C)CC[C@H](N(c2ccccn2)c2ccccn2)CN1)c1cc(C(F)(F)F)cc(C(F)(F)F)c1.C[C@@H](OC[C@@]1(C)CC[C@H](Nc2ccccn2)CN1)c1cc(C(F)(F)F)cc(C(F)(F)F)c1. The van der Waals surface area contributed by atoms with Crippen LogP contribution in [0, 0.1) is 0 Å². The molecule has 2 aliphatic rings. The van der Waals surface area contributed by atoms with Crippen molar-refractivity contribution in [2.24, 2.45) is 0 Å². The van der Waals surface area contributed by atoms with Crippen molar-refractivity contribution in [1.29, 1.82) is 0 Å². The van der Waals surface area contributed by atoms with Gasteiger partial charge in [-0.25, -0.2) is 15.0 Å². The second-order valence-electron chi connectivity index (χ2n) is 18.0. The number of alkyl halides is 12. The summed E-state index contributed by atoms with van der Waals surface area (Å²) < 4.78 is 170. The monoisotopic (exact) mass is 999 g/mol. The Labute approximate surface area is 397 Å². The van der Waals surface area contributed by atoms with Crippen molar-refractivity contribution in [1.82, 2.24) is 25.6 Å². The molecule has 21 heteroatoms. The minimum Gasteiger partial charge on any atom is -0.372 e. The fraction of sp³-hybridized carbons (Fsp3) is 0.449. The van der Waals surface area contributed by atoms with Gasteiger partial charge in [0.2, 0.25) is 0 Å². The van der Waals surface area contributed by atoms with Crippen LogP contribution in [0.1, 0.15) is 99.0 Å². The molecule has 5 heterocycles. The zero-order valence-electron chi connectivity index (χ0n) is 38.5. The van der Waals surface area contributed by atoms with Gasteiger partial charge in [-0.05, 0) is 137 Å². The first-order valence-corrected chi connectivity index (χ1v) is 22.3. The van der Waals surface area contributed by atoms with Gasteiger partial charge in [0, 0.05) is 54.8 Å². The second kappa shape index (κ2) is 21.9. The average Bonchev–Trinajstić information content (AvgIpc) is 3.31. The topological polar surface area (TPSA) is 96.5 Å². The highest BCUT2D eigenvalue weighted by atomic mass is 19.4. The summed E-state index contributed by atoms with van der Waals surface area (Å²) >= 11 is 0. The molecule has 0 amide bonds. The lowest BCUT2D eigenvalue weighted by Crippen LogP contribution is -2.57. The number of rotatable bonds is 13. The van der Waals surface area contributed by atoms with Crippen molar-refractivity contribution in [3.05, 3.63) is 143 Å². The van der Waals surface area contributed by atoms with Crippen molar-refractivity contribution < 1.29 is 62.2 Å². The number of nitrogens with zero attached hydrogens (tertiary/aromatic N) is 4. The molecule has 2 fully saturated rings. The van der Waals surface area contributed by atoms with E-state index in [0.29, 0.717) is 50.2 Å². The first-order valence-electron chi connectivity index (χ1n) is 22.3. The Balaban J connectivity index is 0.000000233. The molecule has 3 aromatic heterocycles. The van der Waals surface area contributed by atoms with E-state index in [1.54, 1.807) is 18.6 Å². The van der Waals surface area contributed by atoms with Crippen LogP contribution in [-0.2, 0) is 34.2 Å². The van der Waals surface area contributed by atoms with E-state index in [1.807, 2.05) is 68.4 Å². The third-order valence-corrected chi connectivity index (χ3v) is 12.3. The molecule has 6 atom stereocenters. The summed E-state index contributed by atoms with van der Waals surface area (Å²) in [5, 5.41) is 10.2. The standard InChI is InChI=1S/C27H28F6N4O.C22H25F6N3O/c1-18(19-13-20(26(28,29)30)15-21(14-19)27(31,32)33)38-17-25(2)10-9-22(16-36-25)37(23-7-3-5-11-34-23)24-8-4-6-12-35-24;1-14(15-9-16(21(23,24)25)11-17(10-15)22(26,27)28)32-13-20(2)7-6-18(12-30-20)31-19-5-3-4-8-29-19/h3-8,11-15,18,22,36H,9-10,16-17H2,1-2H3;3-5,8-11,14,18,30H,6-7,12-13H2,1-2H3,(H,29,31)/t18-,22+,25-;14-,18+,20-/m11/s1. The summed E-state index contributed by atoms with van der Waals surface area (Å²) in [5.41, 5.74) is -6.73. The maximum atomic E-state index is 13.3. The van der Waals surface area contributed by atoms with E-state index in [9.17, 15) is 52.7 Å². The van der Waals surface area contributed by atoms with Crippen molar-refractivity contribution in [3.63, 3.8) is 0 Å². The predicted molar refractivity (Wildman–Crippen MR) is 239 cm³/mol. The summed E-state index contributed by atoms with van der Waals surface area (Å²) in [5.74, 6) is 2.26. The molecular formula is C49H53F12N7O2. The average molecular weight is 1000 g/mol. The van der Waals surface area contributed by atoms with E-state index in [0.717, 1.165) is 30.3 Å². The van der Waals surface area contributed by atoms with E-state index in [4.69, 9.17) is 9.47 Å². The Morgan fingerprint density at radius 1 is 0.571 bits per heavy atom. The number of nitrogens with one attached hydrogen (secondary N) is 3. The van der Waals surface area contributed by atoms with Crippen LogP contribution in [-0.4, -0.2) is 64.4 Å². The Morgan fingerprint density at radius 2 is 0.971 bits per heavy atom. The lowest BCUT2D eigenvalue weighted by Gasteiger charge is -2.43. The van der Waals surface area contributed by atoms with E-state index < -0.39 is 70.2 Å². The molecule has 3 N–H and O–H groups in total. The summed E-state index contributed by atoms with van der Waals surface area (Å²) in [7, 11) is 0. The van der Waals surface area contributed by atoms with Gasteiger partial charge in [0.15, 0.2) is 0 Å². The highest BCUT2D eigenvalue weighted by molar-refractivity contribution is 5.57. The number of anilines is 3. The highest BCUT2D eigenvalue weighted by Crippen LogP contribution is 2.40. The van der Waals surface area contributed by atoms with Crippen LogP contribution in [0.15, 0.2) is 110 Å². The number of halogens is 12. The summed E-state index contributed by atoms with van der Waals surface area (Å²) in [6.07, 6.45) is -13.5. The van der Waals surface area contributed by atoms with Crippen LogP contribution in [0.25, 0.3) is 0 Å². The zero-order valence-corrected chi connectivity index (χ0v) is 38.5. The number of hydrogen-bond donors (Lipinski definition) is 3. The minimum atomic E-state index is -4.91. The van der Waals surface area contributed by atoms with E-state index >= 15 is 0 Å². The molecule has 0 bridgehead atoms. The van der Waals surface area contributed by atoms with Crippen LogP contribution in [0.5, 0.6) is 0 Å². The molecule has 0 aliphatic carbocycles. The van der Waals surface area contributed by atoms with Gasteiger partial charge in [-0.3, -0.25) is 0 Å². The molecule has 70 heavy (non-hydrogen) atoms. The van der Waals surface area contributed by atoms with Gasteiger partial charge in [-0.15, -0.1) is 0 Å². The van der Waals surface area contributed by atoms with Crippen molar-refractivity contribution >= 4 is 17.5 Å². The number of benzene rings is 2. The molecule has 0 unspecified atom stereocenters. The first kappa shape index (κ1) is 53.8. The maximum absolute atomic E-state index is 13.3. The molecule has 9 nitrogen and oxygen atoms in total. The lowest BCUT2D eigenvalue weighted by molar-refractivity contribution is -0.145. The smallest absolute Gasteiger partial charge is 0.372 e. The van der Waals surface area contributed by atoms with Crippen molar-refractivity contribution in [3.8, 4) is 0 Å². The number of hydrogen-bond acceptors (Lipinski definition) is 9. The second-order valence-corrected chi connectivity index (χ2v) is 18.0. The van der Waals surface area contributed by atoms with Gasteiger partial charge >= 0.3 is 24.7 Å². The van der Waals surface area contributed by atoms with Crippen LogP contribution < -0.4 is 20.9 Å². The number of aromatic nitrogens is 3. The normalized spacial score (nSPS) is 22.1. The predicted octanol–water partition coefficient (Wildman–Crippen LogP) is 12.8. The van der Waals surface area contributed by atoms with Crippen LogP contribution in [0.3, 0.4) is 0 Å². The quantitative estimate of drug-likeness (QED) is 0.0997. The molecule has 2 saturated heterocycles. The van der Waals surface area contributed by atoms with Gasteiger partial charge in [0.25, 0.3) is 0 Å². The molecular weight excluding hydrogens is 947 g/mol. The summed E-state index contributed by atoms with van der Waals surface area (Å²) in [4.78, 5) is 15.2. The third kappa shape index (κ3) is 14.8. The number of pyridine rings is 3. The molecule has 380 valence electrons. The van der Waals surface area contributed by atoms with Gasteiger partial charge < -0.3 is 30.3 Å². The highest BCUT2D eigenvalue weighted by Gasteiger charge is 2.40. The van der Waals surface area contributed by atoms with Gasteiger partial charge in [-0.1, -0.05) is 18.2 Å². The first-order chi connectivity index (χ1) is 32.7. The van der Waals surface area contributed by atoms with Crippen LogP contribution >= 0.6 is 0 Å². The third-order valence-electron chi connectivity index (χ3n) is 12.3. The largest absolute Gasteiger partial charge is 0.416 e. The fourth-order valence-electron chi connectivity index (χ4n) is 8.06. The molecule has 0 saturated carbocycles. The Hall–Kier alpha value is -5.51. The fourth-order valence-corrected chi connectivity index (χ4v) is 8.06. The molecule has 5 aromatic rings. The Morgan fingerprint density at radius 3 is 1.30 bits per heavy atom. The van der Waals surface area contributed by atoms with E-state index in [2.05, 4.69) is 35.8 Å². The number of ether oxygens (including phenoxy) is 2. The van der Waals surface area contributed by atoms with Gasteiger partial charge in [0.1, 0.15) is 17.5 Å². The Bertz CT molecular complexity index is 2320. The summed E-state index contributed by atoms with van der Waals surface area (Å²) in [6, 6.07) is 20.1. The van der Waals surface area contributed by atoms with E-state index in [1.165, 1.54) is 13.8 Å². The van der Waals surface area contributed by atoms with Crippen molar-refractivity contribution in [2.45, 2.75) is 113 Å². The van der Waals surface area contributed by atoms with Crippen LogP contribution in [0.4, 0.5) is 70.1 Å². The molecule has 7 rings (SSSR count). The molecule has 0 spiro atoms. The van der Waals surface area contributed by atoms with Gasteiger partial charge in [-0.2, -0.15) is 52.7 Å². The Kier molecular flexibility index (Phi) is 16.8. The molecule has 0 radical (unpaired) electrons.